The highest BCUT2D eigenvalue weighted by Gasteiger charge is 2.54. The summed E-state index contributed by atoms with van der Waals surface area (Å²) in [7, 11) is 0. The molecule has 80 valence electrons. The van der Waals surface area contributed by atoms with Gasteiger partial charge in [0.05, 0.1) is 0 Å². The van der Waals surface area contributed by atoms with E-state index in [0.29, 0.717) is 0 Å². The number of hydrogen-bond donors (Lipinski definition) is 2. The lowest BCUT2D eigenvalue weighted by Gasteiger charge is -2.29. The summed E-state index contributed by atoms with van der Waals surface area (Å²) < 4.78 is 18.6. The smallest absolute Gasteiger partial charge is 0.353 e. The van der Waals surface area contributed by atoms with Crippen LogP contribution >= 0.6 is 0 Å². The Morgan fingerprint density at radius 1 is 1.21 bits per heavy atom. The highest BCUT2D eigenvalue weighted by molar-refractivity contribution is 6.02. The molecule has 1 heterocycles. The molecule has 0 aromatic carbocycles. The van der Waals surface area contributed by atoms with Crippen molar-refractivity contribution in [3.8, 4) is 0 Å². The molecule has 1 fully saturated rings. The van der Waals surface area contributed by atoms with Gasteiger partial charge in [-0.2, -0.15) is 0 Å². The fraction of sp³-hybridized carbons (Fsp3) is 0.750. The van der Waals surface area contributed by atoms with Crippen molar-refractivity contribution in [2.75, 3.05) is 13.2 Å². The molecule has 0 bridgehead atoms. The summed E-state index contributed by atoms with van der Waals surface area (Å²) in [5.41, 5.74) is -3.18. The SMILES string of the molecule is O=C(O)C(F)(C(=O)O)C1CCOCC1. The van der Waals surface area contributed by atoms with Gasteiger partial charge < -0.3 is 14.9 Å². The summed E-state index contributed by atoms with van der Waals surface area (Å²) in [6, 6.07) is 0. The van der Waals surface area contributed by atoms with Gasteiger partial charge in [0.2, 0.25) is 0 Å². The zero-order valence-corrected chi connectivity index (χ0v) is 7.40. The molecule has 1 rings (SSSR count). The van der Waals surface area contributed by atoms with Crippen LogP contribution in [0.2, 0.25) is 0 Å². The maximum Gasteiger partial charge on any atom is 0.353 e. The minimum Gasteiger partial charge on any atom is -0.478 e. The minimum absolute atomic E-state index is 0.120. The van der Waals surface area contributed by atoms with Gasteiger partial charge in [-0.15, -0.1) is 0 Å². The van der Waals surface area contributed by atoms with Crippen LogP contribution in [-0.4, -0.2) is 41.0 Å². The van der Waals surface area contributed by atoms with Gasteiger partial charge in [0.25, 0.3) is 0 Å². The lowest BCUT2D eigenvalue weighted by Crippen LogP contribution is -2.50. The van der Waals surface area contributed by atoms with Gasteiger partial charge in [0, 0.05) is 19.1 Å². The summed E-state index contributed by atoms with van der Waals surface area (Å²) in [5, 5.41) is 17.1. The third-order valence-electron chi connectivity index (χ3n) is 2.41. The number of alkyl halides is 1. The topological polar surface area (TPSA) is 83.8 Å². The van der Waals surface area contributed by atoms with E-state index in [1.54, 1.807) is 0 Å². The molecule has 1 aliphatic rings. The second-order valence-electron chi connectivity index (χ2n) is 3.21. The Kier molecular flexibility index (Phi) is 3.05. The molecule has 0 aromatic rings. The molecule has 0 aromatic heterocycles. The molecular weight excluding hydrogens is 195 g/mol. The monoisotopic (exact) mass is 206 g/mol. The lowest BCUT2D eigenvalue weighted by atomic mass is 9.83. The Labute approximate surface area is 79.5 Å². The van der Waals surface area contributed by atoms with Crippen LogP contribution in [-0.2, 0) is 14.3 Å². The van der Waals surface area contributed by atoms with Crippen LogP contribution in [0.1, 0.15) is 12.8 Å². The maximum atomic E-state index is 13.7. The van der Waals surface area contributed by atoms with Gasteiger partial charge in [0.1, 0.15) is 0 Å². The quantitative estimate of drug-likeness (QED) is 0.648. The first-order valence-corrected chi connectivity index (χ1v) is 4.23. The van der Waals surface area contributed by atoms with Crippen molar-refractivity contribution in [2.24, 2.45) is 5.92 Å². The molecule has 0 saturated carbocycles. The van der Waals surface area contributed by atoms with E-state index in [9.17, 15) is 14.0 Å². The minimum atomic E-state index is -3.18. The van der Waals surface area contributed by atoms with Crippen LogP contribution in [0.4, 0.5) is 4.39 Å². The summed E-state index contributed by atoms with van der Waals surface area (Å²) in [6.07, 6.45) is 0.240. The van der Waals surface area contributed by atoms with Gasteiger partial charge in [-0.3, -0.25) is 0 Å². The fourth-order valence-corrected chi connectivity index (χ4v) is 1.54. The molecular formula is C8H11FO5. The second-order valence-corrected chi connectivity index (χ2v) is 3.21. The fourth-order valence-electron chi connectivity index (χ4n) is 1.54. The Morgan fingerprint density at radius 3 is 2.00 bits per heavy atom. The van der Waals surface area contributed by atoms with E-state index in [2.05, 4.69) is 0 Å². The van der Waals surface area contributed by atoms with Crippen molar-refractivity contribution in [1.82, 2.24) is 0 Å². The molecule has 14 heavy (non-hydrogen) atoms. The molecule has 0 aliphatic carbocycles. The summed E-state index contributed by atoms with van der Waals surface area (Å²) in [4.78, 5) is 21.1. The largest absolute Gasteiger partial charge is 0.478 e. The number of carbonyl (C=O) groups is 2. The van der Waals surface area contributed by atoms with Crippen molar-refractivity contribution >= 4 is 11.9 Å². The first-order chi connectivity index (χ1) is 6.49. The highest BCUT2D eigenvalue weighted by atomic mass is 19.1. The summed E-state index contributed by atoms with van der Waals surface area (Å²) >= 11 is 0. The molecule has 0 spiro atoms. The number of carboxylic acids is 2. The van der Waals surface area contributed by atoms with Gasteiger partial charge >= 0.3 is 17.6 Å². The number of halogens is 1. The molecule has 0 amide bonds. The molecule has 5 nitrogen and oxygen atoms in total. The van der Waals surface area contributed by atoms with Gasteiger partial charge in [-0.05, 0) is 12.8 Å². The Balaban J connectivity index is 2.86. The maximum absolute atomic E-state index is 13.7. The lowest BCUT2D eigenvalue weighted by molar-refractivity contribution is -0.174. The molecule has 1 aliphatic heterocycles. The molecule has 0 unspecified atom stereocenters. The van der Waals surface area contributed by atoms with Crippen LogP contribution in [0, 0.1) is 5.92 Å². The molecule has 1 saturated heterocycles. The van der Waals surface area contributed by atoms with Crippen molar-refractivity contribution in [2.45, 2.75) is 18.5 Å². The van der Waals surface area contributed by atoms with Crippen molar-refractivity contribution in [3.63, 3.8) is 0 Å². The van der Waals surface area contributed by atoms with E-state index >= 15 is 0 Å². The Bertz CT molecular complexity index is 232. The van der Waals surface area contributed by atoms with Crippen molar-refractivity contribution in [1.29, 1.82) is 0 Å². The third kappa shape index (κ3) is 1.70. The van der Waals surface area contributed by atoms with Crippen molar-refractivity contribution in [3.05, 3.63) is 0 Å². The molecule has 6 heteroatoms. The average Bonchev–Trinajstić information content (AvgIpc) is 2.17. The van der Waals surface area contributed by atoms with Gasteiger partial charge in [-0.1, -0.05) is 0 Å². The summed E-state index contributed by atoms with van der Waals surface area (Å²) in [5.74, 6) is -4.87. The Morgan fingerprint density at radius 2 is 1.64 bits per heavy atom. The van der Waals surface area contributed by atoms with Crippen LogP contribution < -0.4 is 0 Å². The van der Waals surface area contributed by atoms with E-state index in [0.717, 1.165) is 0 Å². The predicted octanol–water partition coefficient (Wildman–Crippen LogP) is 0.290. The first-order valence-electron chi connectivity index (χ1n) is 4.23. The number of rotatable bonds is 3. The predicted molar refractivity (Wildman–Crippen MR) is 42.7 cm³/mol. The summed E-state index contributed by atoms with van der Waals surface area (Å²) in [6.45, 7) is 0.411. The number of aliphatic carboxylic acids is 2. The second kappa shape index (κ2) is 3.91. The van der Waals surface area contributed by atoms with Crippen molar-refractivity contribution < 1.29 is 28.9 Å². The number of ether oxygens (including phenoxy) is 1. The van der Waals surface area contributed by atoms with Gasteiger partial charge in [-0.25, -0.2) is 14.0 Å². The van der Waals surface area contributed by atoms with E-state index in [-0.39, 0.29) is 26.1 Å². The van der Waals surface area contributed by atoms with Gasteiger partial charge in [0.15, 0.2) is 0 Å². The normalized spacial score (nSPS) is 19.2. The zero-order chi connectivity index (χ0) is 10.8. The molecule has 0 radical (unpaired) electrons. The molecule has 0 atom stereocenters. The average molecular weight is 206 g/mol. The third-order valence-corrected chi connectivity index (χ3v) is 2.41. The van der Waals surface area contributed by atoms with Crippen LogP contribution in [0.25, 0.3) is 0 Å². The van der Waals surface area contributed by atoms with Crippen LogP contribution in [0.5, 0.6) is 0 Å². The van der Waals surface area contributed by atoms with E-state index in [1.165, 1.54) is 0 Å². The first kappa shape index (κ1) is 10.9. The zero-order valence-electron chi connectivity index (χ0n) is 7.40. The van der Waals surface area contributed by atoms with E-state index < -0.39 is 23.5 Å². The number of carboxylic acid groups (broad SMARTS) is 2. The number of hydrogen-bond acceptors (Lipinski definition) is 3. The van der Waals surface area contributed by atoms with Crippen LogP contribution in [0.3, 0.4) is 0 Å². The molecule has 2 N–H and O–H groups in total. The standard InChI is InChI=1S/C8H11FO5/c9-8(6(10)11,7(12)13)5-1-3-14-4-2-5/h5H,1-4H2,(H,10,11)(H,12,13). The Hall–Kier alpha value is -1.17. The van der Waals surface area contributed by atoms with E-state index in [4.69, 9.17) is 14.9 Å². The highest BCUT2D eigenvalue weighted by Crippen LogP contribution is 2.31. The van der Waals surface area contributed by atoms with Crippen LogP contribution in [0.15, 0.2) is 0 Å². The van der Waals surface area contributed by atoms with E-state index in [1.807, 2.05) is 0 Å².